The molecule has 0 bridgehead atoms. The van der Waals surface area contributed by atoms with E-state index < -0.39 is 0 Å². The zero-order valence-electron chi connectivity index (χ0n) is 15.4. The highest BCUT2D eigenvalue weighted by Gasteiger charge is 2.49. The molecule has 1 aromatic heterocycles. The predicted octanol–water partition coefficient (Wildman–Crippen LogP) is 4.27. The molecule has 1 unspecified atom stereocenters. The summed E-state index contributed by atoms with van der Waals surface area (Å²) in [7, 11) is 0. The van der Waals surface area contributed by atoms with Crippen LogP contribution in [-0.2, 0) is 11.2 Å². The van der Waals surface area contributed by atoms with Crippen molar-refractivity contribution in [3.8, 4) is 0 Å². The number of hydrogen-bond acceptors (Lipinski definition) is 5. The minimum Gasteiger partial charge on any atom is -0.378 e. The van der Waals surface area contributed by atoms with Gasteiger partial charge in [-0.3, -0.25) is 4.90 Å². The summed E-state index contributed by atoms with van der Waals surface area (Å²) in [6.45, 7) is 7.25. The second-order valence-corrected chi connectivity index (χ2v) is 8.17. The number of benzene rings is 1. The molecule has 0 amide bonds. The SMILES string of the molecule is CCOC1CC2(CCN(C(C)c3nc(Cc4ccc(Cl)cc4)no3)C2)C1. The van der Waals surface area contributed by atoms with E-state index in [2.05, 4.69) is 28.9 Å². The average molecular weight is 376 g/mol. The Morgan fingerprint density at radius 2 is 2.12 bits per heavy atom. The van der Waals surface area contributed by atoms with Gasteiger partial charge in [0.05, 0.1) is 12.1 Å². The van der Waals surface area contributed by atoms with Crippen LogP contribution in [0.25, 0.3) is 0 Å². The van der Waals surface area contributed by atoms with Crippen LogP contribution >= 0.6 is 11.6 Å². The van der Waals surface area contributed by atoms with Gasteiger partial charge in [-0.1, -0.05) is 28.9 Å². The van der Waals surface area contributed by atoms with E-state index in [0.717, 1.165) is 36.1 Å². The number of aromatic nitrogens is 2. The number of hydrogen-bond donors (Lipinski definition) is 0. The molecule has 1 aliphatic carbocycles. The third-order valence-electron chi connectivity index (χ3n) is 5.86. The molecule has 2 fully saturated rings. The number of rotatable bonds is 6. The first-order chi connectivity index (χ1) is 12.6. The lowest BCUT2D eigenvalue weighted by atomic mass is 9.66. The first kappa shape index (κ1) is 18.0. The molecule has 2 heterocycles. The summed E-state index contributed by atoms with van der Waals surface area (Å²) in [5, 5.41) is 4.91. The largest absolute Gasteiger partial charge is 0.378 e. The molecule has 2 aliphatic rings. The van der Waals surface area contributed by atoms with Gasteiger partial charge >= 0.3 is 0 Å². The molecule has 4 rings (SSSR count). The van der Waals surface area contributed by atoms with Gasteiger partial charge in [-0.15, -0.1) is 0 Å². The molecule has 0 radical (unpaired) electrons. The number of ether oxygens (including phenoxy) is 1. The fraction of sp³-hybridized carbons (Fsp3) is 0.600. The van der Waals surface area contributed by atoms with Gasteiger partial charge in [0, 0.05) is 24.6 Å². The van der Waals surface area contributed by atoms with Crippen LogP contribution in [0, 0.1) is 5.41 Å². The van der Waals surface area contributed by atoms with Gasteiger partial charge in [0.25, 0.3) is 0 Å². The summed E-state index contributed by atoms with van der Waals surface area (Å²) in [6, 6.07) is 7.93. The van der Waals surface area contributed by atoms with Gasteiger partial charge in [-0.2, -0.15) is 4.98 Å². The Balaban J connectivity index is 1.35. The highest BCUT2D eigenvalue weighted by atomic mass is 35.5. The fourth-order valence-corrected chi connectivity index (χ4v) is 4.47. The molecule has 5 nitrogen and oxygen atoms in total. The van der Waals surface area contributed by atoms with Crippen molar-refractivity contribution in [2.24, 2.45) is 5.41 Å². The summed E-state index contributed by atoms with van der Waals surface area (Å²) in [5.74, 6) is 1.44. The maximum Gasteiger partial charge on any atom is 0.243 e. The lowest BCUT2D eigenvalue weighted by Gasteiger charge is -2.45. The van der Waals surface area contributed by atoms with Gasteiger partial charge < -0.3 is 9.26 Å². The van der Waals surface area contributed by atoms with Crippen LogP contribution in [-0.4, -0.2) is 40.8 Å². The molecule has 1 atom stereocenters. The standard InChI is InChI=1S/C20H26ClN3O2/c1-3-25-17-11-20(12-17)8-9-24(13-20)14(2)19-22-18(23-26-19)10-15-4-6-16(21)7-5-15/h4-7,14,17H,3,8-13H2,1-2H3. The lowest BCUT2D eigenvalue weighted by molar-refractivity contribution is -0.0730. The minimum absolute atomic E-state index is 0.159. The molecule has 1 saturated heterocycles. The van der Waals surface area contributed by atoms with E-state index in [0.29, 0.717) is 23.8 Å². The summed E-state index contributed by atoms with van der Waals surface area (Å²) in [5.41, 5.74) is 1.58. The van der Waals surface area contributed by atoms with Gasteiger partial charge in [-0.05, 0) is 62.8 Å². The summed E-state index contributed by atoms with van der Waals surface area (Å²) >= 11 is 5.94. The Morgan fingerprint density at radius 1 is 1.35 bits per heavy atom. The van der Waals surface area contributed by atoms with Crippen LogP contribution in [0.1, 0.15) is 56.4 Å². The van der Waals surface area contributed by atoms with Gasteiger partial charge in [0.1, 0.15) is 0 Å². The zero-order valence-corrected chi connectivity index (χ0v) is 16.2. The second-order valence-electron chi connectivity index (χ2n) is 7.73. The van der Waals surface area contributed by atoms with E-state index in [-0.39, 0.29) is 6.04 Å². The Bertz CT molecular complexity index is 740. The van der Waals surface area contributed by atoms with Crippen molar-refractivity contribution in [3.05, 3.63) is 46.6 Å². The van der Waals surface area contributed by atoms with Crippen molar-refractivity contribution in [2.75, 3.05) is 19.7 Å². The summed E-state index contributed by atoms with van der Waals surface area (Å²) in [4.78, 5) is 7.11. The number of halogens is 1. The van der Waals surface area contributed by atoms with E-state index in [4.69, 9.17) is 20.9 Å². The molecule has 140 valence electrons. The van der Waals surface area contributed by atoms with Crippen LogP contribution in [0.3, 0.4) is 0 Å². The quantitative estimate of drug-likeness (QED) is 0.754. The van der Waals surface area contributed by atoms with E-state index >= 15 is 0 Å². The normalized spacial score (nSPS) is 27.0. The first-order valence-corrected chi connectivity index (χ1v) is 9.87. The maximum atomic E-state index is 5.94. The fourth-order valence-electron chi connectivity index (χ4n) is 4.34. The van der Waals surface area contributed by atoms with Crippen molar-refractivity contribution >= 4 is 11.6 Å². The number of likely N-dealkylation sites (tertiary alicyclic amines) is 1. The highest BCUT2D eigenvalue weighted by Crippen LogP contribution is 2.50. The van der Waals surface area contributed by atoms with Crippen molar-refractivity contribution in [1.29, 1.82) is 0 Å². The van der Waals surface area contributed by atoms with Crippen molar-refractivity contribution in [2.45, 2.75) is 51.7 Å². The molecule has 1 aliphatic heterocycles. The Kier molecular flexibility index (Phi) is 5.04. The molecule has 0 N–H and O–H groups in total. The highest BCUT2D eigenvalue weighted by molar-refractivity contribution is 6.30. The maximum absolute atomic E-state index is 5.94. The second kappa shape index (κ2) is 7.29. The summed E-state index contributed by atoms with van der Waals surface area (Å²) in [6.07, 6.45) is 4.75. The van der Waals surface area contributed by atoms with Crippen LogP contribution < -0.4 is 0 Å². The molecule has 26 heavy (non-hydrogen) atoms. The third-order valence-corrected chi connectivity index (χ3v) is 6.11. The molecular weight excluding hydrogens is 350 g/mol. The smallest absolute Gasteiger partial charge is 0.243 e. The molecule has 1 saturated carbocycles. The zero-order chi connectivity index (χ0) is 18.1. The average Bonchev–Trinajstić information content (AvgIpc) is 3.24. The third kappa shape index (κ3) is 3.66. The van der Waals surface area contributed by atoms with E-state index in [9.17, 15) is 0 Å². The lowest BCUT2D eigenvalue weighted by Crippen LogP contribution is -2.44. The Hall–Kier alpha value is -1.43. The van der Waals surface area contributed by atoms with Crippen LogP contribution in [0.4, 0.5) is 0 Å². The minimum atomic E-state index is 0.159. The first-order valence-electron chi connectivity index (χ1n) is 9.49. The Morgan fingerprint density at radius 3 is 2.85 bits per heavy atom. The van der Waals surface area contributed by atoms with Crippen LogP contribution in [0.2, 0.25) is 5.02 Å². The van der Waals surface area contributed by atoms with Crippen LogP contribution in [0.5, 0.6) is 0 Å². The van der Waals surface area contributed by atoms with Crippen molar-refractivity contribution in [3.63, 3.8) is 0 Å². The van der Waals surface area contributed by atoms with E-state index in [1.54, 1.807) is 0 Å². The monoisotopic (exact) mass is 375 g/mol. The van der Waals surface area contributed by atoms with Crippen molar-refractivity contribution in [1.82, 2.24) is 15.0 Å². The van der Waals surface area contributed by atoms with Gasteiger partial charge in [-0.25, -0.2) is 0 Å². The van der Waals surface area contributed by atoms with E-state index in [1.165, 1.54) is 19.3 Å². The van der Waals surface area contributed by atoms with Gasteiger partial charge in [0.15, 0.2) is 5.82 Å². The van der Waals surface area contributed by atoms with E-state index in [1.807, 2.05) is 24.3 Å². The van der Waals surface area contributed by atoms with Crippen molar-refractivity contribution < 1.29 is 9.26 Å². The molecule has 1 aromatic carbocycles. The molecule has 6 heteroatoms. The Labute approximate surface area is 159 Å². The number of nitrogens with zero attached hydrogens (tertiary/aromatic N) is 3. The molecular formula is C20H26ClN3O2. The summed E-state index contributed by atoms with van der Waals surface area (Å²) < 4.78 is 11.3. The predicted molar refractivity (Wildman–Crippen MR) is 100 cm³/mol. The topological polar surface area (TPSA) is 51.4 Å². The molecule has 1 spiro atoms. The van der Waals surface area contributed by atoms with Gasteiger partial charge in [0.2, 0.25) is 5.89 Å². The molecule has 2 aromatic rings. The van der Waals surface area contributed by atoms with Crippen LogP contribution in [0.15, 0.2) is 28.8 Å².